The van der Waals surface area contributed by atoms with Crippen LogP contribution in [-0.4, -0.2) is 58.0 Å². The first-order chi connectivity index (χ1) is 14.6. The fourth-order valence-corrected chi connectivity index (χ4v) is 3.70. The number of aromatic nitrogens is 1. The van der Waals surface area contributed by atoms with Crippen LogP contribution in [0.1, 0.15) is 48.8 Å². The van der Waals surface area contributed by atoms with Crippen molar-refractivity contribution >= 4 is 46.5 Å². The summed E-state index contributed by atoms with van der Waals surface area (Å²) < 4.78 is 5.30. The Morgan fingerprint density at radius 2 is 2.06 bits per heavy atom. The number of benzene rings is 1. The average molecular weight is 425 g/mol. The average Bonchev–Trinajstić information content (AvgIpc) is 2.95. The van der Waals surface area contributed by atoms with E-state index in [4.69, 9.17) is 4.74 Å². The van der Waals surface area contributed by atoms with Gasteiger partial charge in [0.25, 0.3) is 5.91 Å². The van der Waals surface area contributed by atoms with Crippen molar-refractivity contribution in [2.24, 2.45) is 5.10 Å². The SMILES string of the molecule is CC(C)(C)OC(=O)Nc1cc2c3c(c(C4=CCN(C(=O)O)CC4)[nH]c3c1)C=NNC2=O. The summed E-state index contributed by atoms with van der Waals surface area (Å²) in [4.78, 5) is 40.6. The highest BCUT2D eigenvalue weighted by Gasteiger charge is 2.25. The zero-order valence-corrected chi connectivity index (χ0v) is 17.4. The lowest BCUT2D eigenvalue weighted by Crippen LogP contribution is -2.33. The van der Waals surface area contributed by atoms with E-state index in [0.29, 0.717) is 35.1 Å². The van der Waals surface area contributed by atoms with Crippen LogP contribution >= 0.6 is 0 Å². The van der Waals surface area contributed by atoms with Gasteiger partial charge in [0.1, 0.15) is 5.60 Å². The van der Waals surface area contributed by atoms with E-state index >= 15 is 0 Å². The lowest BCUT2D eigenvalue weighted by atomic mass is 9.98. The Hall–Kier alpha value is -3.82. The Labute approximate surface area is 177 Å². The number of carbonyl (C=O) groups is 3. The smallest absolute Gasteiger partial charge is 0.412 e. The van der Waals surface area contributed by atoms with Gasteiger partial charge >= 0.3 is 12.2 Å². The van der Waals surface area contributed by atoms with Gasteiger partial charge in [0.2, 0.25) is 0 Å². The fraction of sp³-hybridized carbons (Fsp3) is 0.333. The Balaban J connectivity index is 1.76. The molecule has 0 atom stereocenters. The maximum absolute atomic E-state index is 12.6. The molecule has 3 amide bonds. The second kappa shape index (κ2) is 7.46. The van der Waals surface area contributed by atoms with Crippen molar-refractivity contribution < 1.29 is 24.2 Å². The van der Waals surface area contributed by atoms with Gasteiger partial charge in [-0.2, -0.15) is 5.10 Å². The number of anilines is 1. The molecule has 10 nitrogen and oxygen atoms in total. The van der Waals surface area contributed by atoms with Crippen molar-refractivity contribution in [1.29, 1.82) is 0 Å². The Morgan fingerprint density at radius 3 is 2.71 bits per heavy atom. The van der Waals surface area contributed by atoms with E-state index in [1.165, 1.54) is 4.90 Å². The zero-order chi connectivity index (χ0) is 22.3. The van der Waals surface area contributed by atoms with Crippen molar-refractivity contribution in [1.82, 2.24) is 15.3 Å². The minimum Gasteiger partial charge on any atom is -0.465 e. The molecule has 4 N–H and O–H groups in total. The van der Waals surface area contributed by atoms with E-state index in [0.717, 1.165) is 16.8 Å². The molecule has 0 aliphatic carbocycles. The van der Waals surface area contributed by atoms with Gasteiger partial charge in [0.15, 0.2) is 0 Å². The second-order valence-electron chi connectivity index (χ2n) is 8.39. The van der Waals surface area contributed by atoms with Gasteiger partial charge in [0, 0.05) is 35.2 Å². The molecular weight excluding hydrogens is 402 g/mol. The molecule has 4 rings (SSSR count). The first-order valence-corrected chi connectivity index (χ1v) is 9.83. The van der Waals surface area contributed by atoms with Gasteiger partial charge in [0.05, 0.1) is 17.5 Å². The maximum atomic E-state index is 12.6. The van der Waals surface area contributed by atoms with Crippen LogP contribution in [0.5, 0.6) is 0 Å². The summed E-state index contributed by atoms with van der Waals surface area (Å²) in [5.74, 6) is -0.395. The lowest BCUT2D eigenvalue weighted by molar-refractivity contribution is 0.0635. The molecule has 0 saturated heterocycles. The minimum atomic E-state index is -0.957. The topological polar surface area (TPSA) is 136 Å². The quantitative estimate of drug-likeness (QED) is 0.585. The number of hydrogen-bond acceptors (Lipinski definition) is 5. The third kappa shape index (κ3) is 4.09. The molecule has 2 aliphatic heterocycles. The van der Waals surface area contributed by atoms with Gasteiger partial charge in [-0.25, -0.2) is 15.0 Å². The van der Waals surface area contributed by atoms with Crippen LogP contribution in [-0.2, 0) is 4.74 Å². The van der Waals surface area contributed by atoms with Crippen LogP contribution in [0.2, 0.25) is 0 Å². The number of H-pyrrole nitrogens is 1. The number of rotatable bonds is 2. The van der Waals surface area contributed by atoms with Crippen LogP contribution < -0.4 is 10.7 Å². The van der Waals surface area contributed by atoms with Crippen LogP contribution in [0, 0.1) is 0 Å². The number of amides is 3. The number of hydrazone groups is 1. The van der Waals surface area contributed by atoms with Gasteiger partial charge in [-0.3, -0.25) is 10.1 Å². The molecule has 10 heteroatoms. The van der Waals surface area contributed by atoms with Crippen molar-refractivity contribution in [3.8, 4) is 0 Å². The molecule has 2 aromatic rings. The molecule has 1 aromatic carbocycles. The zero-order valence-electron chi connectivity index (χ0n) is 17.4. The molecule has 0 fully saturated rings. The Morgan fingerprint density at radius 1 is 1.29 bits per heavy atom. The van der Waals surface area contributed by atoms with Crippen molar-refractivity contribution in [2.45, 2.75) is 32.8 Å². The molecule has 3 heterocycles. The molecule has 0 spiro atoms. The van der Waals surface area contributed by atoms with E-state index in [-0.39, 0.29) is 6.54 Å². The van der Waals surface area contributed by atoms with Crippen molar-refractivity contribution in [2.75, 3.05) is 18.4 Å². The van der Waals surface area contributed by atoms with E-state index in [2.05, 4.69) is 20.8 Å². The number of hydrogen-bond donors (Lipinski definition) is 4. The predicted octanol–water partition coefficient (Wildman–Crippen LogP) is 3.36. The second-order valence-corrected chi connectivity index (χ2v) is 8.39. The molecule has 0 saturated carbocycles. The third-order valence-corrected chi connectivity index (χ3v) is 4.99. The molecule has 0 radical (unpaired) electrons. The largest absolute Gasteiger partial charge is 0.465 e. The van der Waals surface area contributed by atoms with E-state index in [9.17, 15) is 19.5 Å². The molecule has 31 heavy (non-hydrogen) atoms. The maximum Gasteiger partial charge on any atom is 0.412 e. The summed E-state index contributed by atoms with van der Waals surface area (Å²) in [7, 11) is 0. The number of carbonyl (C=O) groups excluding carboxylic acids is 2. The highest BCUT2D eigenvalue weighted by atomic mass is 16.6. The molecule has 162 valence electrons. The predicted molar refractivity (Wildman–Crippen MR) is 115 cm³/mol. The highest BCUT2D eigenvalue weighted by molar-refractivity contribution is 6.17. The summed E-state index contributed by atoms with van der Waals surface area (Å²) in [5.41, 5.74) is 5.69. The lowest BCUT2D eigenvalue weighted by Gasteiger charge is -2.23. The molecule has 0 bridgehead atoms. The number of carboxylic acid groups (broad SMARTS) is 1. The van der Waals surface area contributed by atoms with Crippen molar-refractivity contribution in [3.05, 3.63) is 35.0 Å². The molecule has 2 aliphatic rings. The summed E-state index contributed by atoms with van der Waals surface area (Å²) in [5, 5.41) is 16.5. The van der Waals surface area contributed by atoms with Crippen LogP contribution in [0.3, 0.4) is 0 Å². The standard InChI is InChI=1S/C21H23N5O5/c1-21(2,3)31-19(28)23-12-8-13-16-14(10-22-25-18(13)27)17(24-15(16)9-12)11-4-6-26(7-5-11)20(29)30/h4,8-10,24H,5-7H2,1-3H3,(H,23,28)(H,25,27)(H,29,30). The fourth-order valence-electron chi connectivity index (χ4n) is 3.70. The van der Waals surface area contributed by atoms with Crippen LogP contribution in [0.15, 0.2) is 23.3 Å². The summed E-state index contributed by atoms with van der Waals surface area (Å²) in [6.07, 6.45) is 2.38. The van der Waals surface area contributed by atoms with E-state index in [1.807, 2.05) is 6.08 Å². The van der Waals surface area contributed by atoms with Crippen LogP contribution in [0.25, 0.3) is 16.5 Å². The first-order valence-electron chi connectivity index (χ1n) is 9.83. The van der Waals surface area contributed by atoms with E-state index in [1.54, 1.807) is 39.1 Å². The minimum absolute atomic E-state index is 0.284. The number of ether oxygens (including phenoxy) is 1. The Bertz CT molecular complexity index is 1160. The third-order valence-electron chi connectivity index (χ3n) is 4.99. The van der Waals surface area contributed by atoms with Gasteiger partial charge < -0.3 is 19.7 Å². The first kappa shape index (κ1) is 20.5. The number of aromatic amines is 1. The highest BCUT2D eigenvalue weighted by Crippen LogP contribution is 2.34. The number of nitrogens with zero attached hydrogens (tertiary/aromatic N) is 2. The summed E-state index contributed by atoms with van der Waals surface area (Å²) >= 11 is 0. The van der Waals surface area contributed by atoms with E-state index < -0.39 is 23.7 Å². The Kier molecular flexibility index (Phi) is 4.92. The van der Waals surface area contributed by atoms with Crippen molar-refractivity contribution in [3.63, 3.8) is 0 Å². The summed E-state index contributed by atoms with van der Waals surface area (Å²) in [6.45, 7) is 5.96. The molecular formula is C21H23N5O5. The molecule has 1 aromatic heterocycles. The normalized spacial score (nSPS) is 15.9. The van der Waals surface area contributed by atoms with Gasteiger partial charge in [-0.05, 0) is 44.9 Å². The number of nitrogens with one attached hydrogen (secondary N) is 3. The monoisotopic (exact) mass is 425 g/mol. The van der Waals surface area contributed by atoms with Gasteiger partial charge in [-0.1, -0.05) is 6.08 Å². The van der Waals surface area contributed by atoms with Crippen LogP contribution in [0.4, 0.5) is 15.3 Å². The molecule has 0 unspecified atom stereocenters. The summed E-state index contributed by atoms with van der Waals surface area (Å²) in [6, 6.07) is 3.31. The van der Waals surface area contributed by atoms with Gasteiger partial charge in [-0.15, -0.1) is 0 Å².